The third-order valence-electron chi connectivity index (χ3n) is 7.23. The fourth-order valence-corrected chi connectivity index (χ4v) is 5.62. The SMILES string of the molecule is Cc1cc2nc3ccc(=[N+](C)C)cc-3sc2cc1N.O=[N+]([O-])c1ccc(NN=C(c2ccc(O)cc2)c2ccc(O)cc2)c([N+](=O)[O-])c1.[Cl-]. The Hall–Kier alpha value is -6.12. The first-order valence-corrected chi connectivity index (χ1v) is 15.2. The highest BCUT2D eigenvalue weighted by Crippen LogP contribution is 2.32. The van der Waals surface area contributed by atoms with Crippen LogP contribution in [0.4, 0.5) is 22.7 Å². The monoisotopic (exact) mass is 699 g/mol. The molecule has 250 valence electrons. The molecule has 6 rings (SSSR count). The lowest BCUT2D eigenvalue weighted by Gasteiger charge is -2.09. The molecule has 0 spiro atoms. The Balaban J connectivity index is 0.000000234. The van der Waals surface area contributed by atoms with Crippen LogP contribution in [0, 0.1) is 27.2 Å². The number of nitrogens with one attached hydrogen (secondary N) is 1. The number of aromatic hydroxyl groups is 2. The molecule has 0 aromatic heterocycles. The summed E-state index contributed by atoms with van der Waals surface area (Å²) >= 11 is 1.74. The number of aryl methyl sites for hydroxylation is 1. The maximum atomic E-state index is 11.3. The lowest BCUT2D eigenvalue weighted by Crippen LogP contribution is -3.00. The molecule has 4 aromatic rings. The second-order valence-electron chi connectivity index (χ2n) is 10.8. The van der Waals surface area contributed by atoms with Crippen LogP contribution in [0.2, 0.25) is 0 Å². The summed E-state index contributed by atoms with van der Waals surface area (Å²) in [5.74, 6) is 0.107. The van der Waals surface area contributed by atoms with E-state index in [4.69, 9.17) is 10.7 Å². The van der Waals surface area contributed by atoms with Gasteiger partial charge in [0.2, 0.25) is 5.36 Å². The van der Waals surface area contributed by atoms with E-state index in [1.165, 1.54) is 40.6 Å². The molecule has 1 aliphatic heterocycles. The standard InChI is InChI=1S/C19H14N4O6.C15H15N3S.ClH/c24-15-6-1-12(2-7-15)19(13-3-8-16(25)9-4-13)21-20-17-10-5-14(22(26)27)11-18(17)23(28)29;1-9-6-13-15(8-11(9)16)19-14-7-10(18(2)3)4-5-12(14)17-13;/h1-11,20,24-25H;4-8,16H,1-3H3;1H. The van der Waals surface area contributed by atoms with E-state index >= 15 is 0 Å². The van der Waals surface area contributed by atoms with Crippen molar-refractivity contribution < 1.29 is 32.5 Å². The van der Waals surface area contributed by atoms with Crippen LogP contribution in [-0.2, 0) is 0 Å². The lowest BCUT2D eigenvalue weighted by atomic mass is 10.0. The number of phenolic OH excluding ortho intramolecular Hbond substituents is 2. The van der Waals surface area contributed by atoms with E-state index in [1.54, 1.807) is 35.6 Å². The van der Waals surface area contributed by atoms with Crippen LogP contribution < -0.4 is 33.5 Å². The number of halogens is 1. The molecule has 15 heteroatoms. The molecule has 0 atom stereocenters. The van der Waals surface area contributed by atoms with Crippen molar-refractivity contribution in [1.29, 1.82) is 0 Å². The van der Waals surface area contributed by atoms with Crippen LogP contribution in [0.25, 0.3) is 20.8 Å². The van der Waals surface area contributed by atoms with Gasteiger partial charge in [0, 0.05) is 35.0 Å². The summed E-state index contributed by atoms with van der Waals surface area (Å²) in [6.45, 7) is 2.01. The molecular weight excluding hydrogens is 670 g/mol. The predicted octanol–water partition coefficient (Wildman–Crippen LogP) is 3.11. The first-order chi connectivity index (χ1) is 22.9. The van der Waals surface area contributed by atoms with Crippen molar-refractivity contribution in [3.63, 3.8) is 0 Å². The van der Waals surface area contributed by atoms with Gasteiger partial charge in [0.25, 0.3) is 5.69 Å². The van der Waals surface area contributed by atoms with Crippen molar-refractivity contribution in [3.8, 4) is 22.1 Å². The van der Waals surface area contributed by atoms with Crippen LogP contribution in [0.1, 0.15) is 16.7 Å². The summed E-state index contributed by atoms with van der Waals surface area (Å²) in [6, 6.07) is 25.8. The average molecular weight is 700 g/mol. The Morgan fingerprint density at radius 2 is 1.45 bits per heavy atom. The number of aromatic nitrogens is 1. The van der Waals surface area contributed by atoms with Crippen molar-refractivity contribution in [2.75, 3.05) is 25.3 Å². The second kappa shape index (κ2) is 15.2. The van der Waals surface area contributed by atoms with E-state index in [2.05, 4.69) is 39.4 Å². The molecule has 0 amide bonds. The van der Waals surface area contributed by atoms with Crippen molar-refractivity contribution in [2.24, 2.45) is 5.10 Å². The first kappa shape index (κ1) is 35.7. The van der Waals surface area contributed by atoms with E-state index in [9.17, 15) is 30.4 Å². The largest absolute Gasteiger partial charge is 1.00 e. The zero-order chi connectivity index (χ0) is 34.5. The molecule has 0 unspecified atom stereocenters. The predicted molar refractivity (Wildman–Crippen MR) is 188 cm³/mol. The molecule has 0 saturated heterocycles. The first-order valence-electron chi connectivity index (χ1n) is 14.4. The van der Waals surface area contributed by atoms with Crippen molar-refractivity contribution in [3.05, 3.63) is 139 Å². The number of hydrazone groups is 1. The Labute approximate surface area is 290 Å². The average Bonchev–Trinajstić information content (AvgIpc) is 3.06. The number of anilines is 2. The third-order valence-corrected chi connectivity index (χ3v) is 8.32. The molecule has 1 aliphatic carbocycles. The Morgan fingerprint density at radius 1 is 0.837 bits per heavy atom. The van der Waals surface area contributed by atoms with Gasteiger partial charge in [-0.2, -0.15) is 5.10 Å². The van der Waals surface area contributed by atoms with Crippen molar-refractivity contribution in [2.45, 2.75) is 6.92 Å². The molecule has 0 bridgehead atoms. The zero-order valence-corrected chi connectivity index (χ0v) is 27.9. The van der Waals surface area contributed by atoms with E-state index in [0.29, 0.717) is 16.8 Å². The number of rotatable bonds is 6. The van der Waals surface area contributed by atoms with E-state index in [0.717, 1.165) is 39.3 Å². The van der Waals surface area contributed by atoms with Gasteiger partial charge >= 0.3 is 5.69 Å². The minimum Gasteiger partial charge on any atom is -1.00 e. The summed E-state index contributed by atoms with van der Waals surface area (Å²) in [6.07, 6.45) is 0. The molecule has 0 saturated carbocycles. The number of non-ortho nitro benzene ring substituents is 1. The number of nitrogens with two attached hydrogens (primary N) is 1. The fraction of sp³-hybridized carbons (Fsp3) is 0.0882. The number of hydrogen-bond acceptors (Lipinski definition) is 11. The molecule has 5 N–H and O–H groups in total. The van der Waals surface area contributed by atoms with Gasteiger partial charge in [-0.3, -0.25) is 25.7 Å². The number of nitro benzene ring substituents is 2. The molecule has 13 nitrogen and oxygen atoms in total. The van der Waals surface area contributed by atoms with Gasteiger partial charge in [0.05, 0.1) is 42.4 Å². The summed E-state index contributed by atoms with van der Waals surface area (Å²) < 4.78 is 3.23. The maximum Gasteiger partial charge on any atom is 0.301 e. The van der Waals surface area contributed by atoms with Crippen LogP contribution in [0.5, 0.6) is 11.5 Å². The van der Waals surface area contributed by atoms with Crippen LogP contribution in [0.15, 0.2) is 102 Å². The minimum absolute atomic E-state index is 0. The molecule has 0 fully saturated rings. The minimum atomic E-state index is -0.744. The van der Waals surface area contributed by atoms with Crippen LogP contribution in [0.3, 0.4) is 0 Å². The van der Waals surface area contributed by atoms with Gasteiger partial charge in [-0.25, -0.2) is 9.56 Å². The smallest absolute Gasteiger partial charge is 0.301 e. The maximum absolute atomic E-state index is 11.3. The highest BCUT2D eigenvalue weighted by molar-refractivity contribution is 7.21. The number of phenols is 2. The van der Waals surface area contributed by atoms with Gasteiger partial charge in [-0.1, -0.05) is 0 Å². The Bertz CT molecular complexity index is 2190. The number of hydrogen-bond donors (Lipinski definition) is 4. The quantitative estimate of drug-likeness (QED) is 0.0505. The number of nitro groups is 2. The molecule has 4 aromatic carbocycles. The summed E-state index contributed by atoms with van der Waals surface area (Å²) in [7, 11) is 4.09. The summed E-state index contributed by atoms with van der Waals surface area (Å²) in [5.41, 5.74) is 13.1. The van der Waals surface area contributed by atoms with Crippen LogP contribution in [-0.4, -0.2) is 44.9 Å². The number of nitrogens with zero attached hydrogens (tertiary/aromatic N) is 5. The van der Waals surface area contributed by atoms with Crippen molar-refractivity contribution >= 4 is 50.0 Å². The van der Waals surface area contributed by atoms with E-state index < -0.39 is 21.2 Å². The van der Waals surface area contributed by atoms with Gasteiger partial charge in [0.15, 0.2) is 0 Å². The number of fused-ring (bicyclic) bond motifs is 2. The fourth-order valence-electron chi connectivity index (χ4n) is 4.59. The van der Waals surface area contributed by atoms with Gasteiger partial charge in [0.1, 0.15) is 31.3 Å². The van der Waals surface area contributed by atoms with Gasteiger partial charge in [-0.05, 0) is 85.3 Å². The molecule has 0 radical (unpaired) electrons. The van der Waals surface area contributed by atoms with Crippen LogP contribution >= 0.6 is 11.3 Å². The molecule has 49 heavy (non-hydrogen) atoms. The zero-order valence-electron chi connectivity index (χ0n) is 26.4. The van der Waals surface area contributed by atoms with E-state index in [1.807, 2.05) is 27.1 Å². The molecule has 1 heterocycles. The van der Waals surface area contributed by atoms with Gasteiger partial charge in [-0.15, -0.1) is 11.3 Å². The highest BCUT2D eigenvalue weighted by atomic mass is 35.5. The summed E-state index contributed by atoms with van der Waals surface area (Å²) in [5, 5.41) is 46.6. The number of nitrogen functional groups attached to an aromatic ring is 1. The molecular formula is C34H30ClN7O6S. The highest BCUT2D eigenvalue weighted by Gasteiger charge is 2.20. The van der Waals surface area contributed by atoms with E-state index in [-0.39, 0.29) is 29.6 Å². The lowest BCUT2D eigenvalue weighted by molar-refractivity contribution is -0.393. The van der Waals surface area contributed by atoms with Gasteiger partial charge < -0.3 is 28.4 Å². The summed E-state index contributed by atoms with van der Waals surface area (Å²) in [4.78, 5) is 26.6. The third kappa shape index (κ3) is 8.43. The Kier molecular flexibility index (Phi) is 11.1. The number of benzene rings is 5. The topological polar surface area (TPSA) is 193 Å². The normalized spacial score (nSPS) is 10.3. The Morgan fingerprint density at radius 3 is 2.00 bits per heavy atom. The second-order valence-corrected chi connectivity index (χ2v) is 11.9. The molecule has 2 aliphatic rings. The van der Waals surface area contributed by atoms with Crippen molar-refractivity contribution in [1.82, 2.24) is 9.56 Å².